The number of halogens is 2. The van der Waals surface area contributed by atoms with Crippen LogP contribution in [0.4, 0.5) is 8.78 Å². The summed E-state index contributed by atoms with van der Waals surface area (Å²) in [5.74, 6) is -0.797. The molecule has 2 nitrogen and oxygen atoms in total. The van der Waals surface area contributed by atoms with E-state index in [1.165, 1.54) is 6.07 Å². The third-order valence-corrected chi connectivity index (χ3v) is 3.02. The highest BCUT2D eigenvalue weighted by atomic mass is 19.1. The molecule has 0 radical (unpaired) electrons. The van der Waals surface area contributed by atoms with Gasteiger partial charge in [-0.15, -0.1) is 0 Å². The minimum Gasteiger partial charge on any atom is -0.387 e. The lowest BCUT2D eigenvalue weighted by atomic mass is 10.1. The lowest BCUT2D eigenvalue weighted by molar-refractivity contribution is 0.164. The van der Waals surface area contributed by atoms with Gasteiger partial charge < -0.3 is 10.4 Å². The third-order valence-electron chi connectivity index (χ3n) is 3.02. The summed E-state index contributed by atoms with van der Waals surface area (Å²) < 4.78 is 26.6. The molecule has 1 fully saturated rings. The summed E-state index contributed by atoms with van der Waals surface area (Å²) >= 11 is 0. The van der Waals surface area contributed by atoms with Gasteiger partial charge in [0, 0.05) is 12.6 Å². The van der Waals surface area contributed by atoms with Crippen molar-refractivity contribution < 1.29 is 13.9 Å². The van der Waals surface area contributed by atoms with Crippen molar-refractivity contribution in [2.24, 2.45) is 5.92 Å². The van der Waals surface area contributed by atoms with E-state index in [1.807, 2.05) is 0 Å². The molecule has 1 aliphatic rings. The summed E-state index contributed by atoms with van der Waals surface area (Å²) in [5, 5.41) is 12.8. The van der Waals surface area contributed by atoms with Gasteiger partial charge in [0.2, 0.25) is 0 Å². The van der Waals surface area contributed by atoms with Crippen molar-refractivity contribution in [2.75, 3.05) is 6.54 Å². The Morgan fingerprint density at radius 3 is 2.50 bits per heavy atom. The number of rotatable bonds is 4. The lowest BCUT2D eigenvalue weighted by Crippen LogP contribution is -2.25. The van der Waals surface area contributed by atoms with Crippen molar-refractivity contribution in [3.05, 3.63) is 35.4 Å². The molecule has 0 amide bonds. The molecule has 16 heavy (non-hydrogen) atoms. The molecule has 1 aliphatic carbocycles. The van der Waals surface area contributed by atoms with E-state index in [4.69, 9.17) is 0 Å². The molecule has 2 N–H and O–H groups in total. The molecule has 1 saturated carbocycles. The second kappa shape index (κ2) is 4.47. The molecular weight excluding hydrogens is 212 g/mol. The molecule has 0 bridgehead atoms. The highest BCUT2D eigenvalue weighted by molar-refractivity contribution is 5.22. The number of hydrogen-bond acceptors (Lipinski definition) is 2. The molecule has 1 aromatic rings. The van der Waals surface area contributed by atoms with Crippen LogP contribution >= 0.6 is 0 Å². The minimum atomic E-state index is -1.13. The minimum absolute atomic E-state index is 0.187. The zero-order chi connectivity index (χ0) is 11.7. The van der Waals surface area contributed by atoms with Gasteiger partial charge in [-0.25, -0.2) is 8.78 Å². The summed E-state index contributed by atoms with van der Waals surface area (Å²) in [4.78, 5) is 0. The zero-order valence-corrected chi connectivity index (χ0v) is 9.08. The van der Waals surface area contributed by atoms with E-state index in [-0.39, 0.29) is 12.1 Å². The lowest BCUT2D eigenvalue weighted by Gasteiger charge is -2.13. The average Bonchev–Trinajstić information content (AvgIpc) is 2.91. The van der Waals surface area contributed by atoms with E-state index in [0.29, 0.717) is 12.0 Å². The fraction of sp³-hybridized carbons (Fsp3) is 0.500. The summed E-state index contributed by atoms with van der Waals surface area (Å²) in [6.45, 7) is 2.28. The van der Waals surface area contributed by atoms with Crippen LogP contribution in [-0.2, 0) is 0 Å². The zero-order valence-electron chi connectivity index (χ0n) is 9.08. The molecule has 2 rings (SSSR count). The first kappa shape index (κ1) is 11.5. The summed E-state index contributed by atoms with van der Waals surface area (Å²) in [7, 11) is 0. The Hall–Kier alpha value is -1.00. The van der Waals surface area contributed by atoms with Gasteiger partial charge in [-0.3, -0.25) is 0 Å². The van der Waals surface area contributed by atoms with Gasteiger partial charge in [0.15, 0.2) is 0 Å². The van der Waals surface area contributed by atoms with Gasteiger partial charge in [-0.05, 0) is 24.5 Å². The largest absolute Gasteiger partial charge is 0.387 e. The molecule has 0 aliphatic heterocycles. The monoisotopic (exact) mass is 227 g/mol. The standard InChI is InChI=1S/C12H15F2NO/c1-7-5-10(7)15-6-11(16)12-8(13)3-2-4-9(12)14/h2-4,7,10-11,15-16H,5-6H2,1H3. The first-order chi connectivity index (χ1) is 7.59. The van der Waals surface area contributed by atoms with Crippen LogP contribution < -0.4 is 5.32 Å². The van der Waals surface area contributed by atoms with Gasteiger partial charge in [0.25, 0.3) is 0 Å². The number of benzene rings is 1. The van der Waals surface area contributed by atoms with Crippen molar-refractivity contribution >= 4 is 0 Å². The smallest absolute Gasteiger partial charge is 0.131 e. The Bertz CT molecular complexity index is 363. The van der Waals surface area contributed by atoms with Crippen LogP contribution in [0.25, 0.3) is 0 Å². The number of hydrogen-bond donors (Lipinski definition) is 2. The molecular formula is C12H15F2NO. The molecule has 0 spiro atoms. The summed E-state index contributed by atoms with van der Waals surface area (Å²) in [6, 6.07) is 3.98. The predicted octanol–water partition coefficient (Wildman–Crippen LogP) is 2.00. The normalized spacial score (nSPS) is 25.5. The summed E-state index contributed by atoms with van der Waals surface area (Å²) in [5.41, 5.74) is -0.247. The van der Waals surface area contributed by atoms with E-state index >= 15 is 0 Å². The van der Waals surface area contributed by atoms with Crippen LogP contribution in [0.1, 0.15) is 25.0 Å². The maximum atomic E-state index is 13.3. The molecule has 0 heterocycles. The van der Waals surface area contributed by atoms with Crippen LogP contribution in [0.5, 0.6) is 0 Å². The van der Waals surface area contributed by atoms with E-state index in [2.05, 4.69) is 12.2 Å². The highest BCUT2D eigenvalue weighted by Crippen LogP contribution is 2.29. The molecule has 4 heteroatoms. The van der Waals surface area contributed by atoms with E-state index in [1.54, 1.807) is 0 Å². The average molecular weight is 227 g/mol. The Morgan fingerprint density at radius 1 is 1.44 bits per heavy atom. The second-order valence-corrected chi connectivity index (χ2v) is 4.38. The van der Waals surface area contributed by atoms with Gasteiger partial charge in [0.05, 0.1) is 11.7 Å². The van der Waals surface area contributed by atoms with Gasteiger partial charge >= 0.3 is 0 Å². The first-order valence-corrected chi connectivity index (χ1v) is 5.45. The topological polar surface area (TPSA) is 32.3 Å². The molecule has 88 valence electrons. The fourth-order valence-corrected chi connectivity index (χ4v) is 1.80. The fourth-order valence-electron chi connectivity index (χ4n) is 1.80. The summed E-state index contributed by atoms with van der Waals surface area (Å²) in [6.07, 6.45) is -0.0686. The number of aliphatic hydroxyl groups excluding tert-OH is 1. The molecule has 3 atom stereocenters. The van der Waals surface area contributed by atoms with Gasteiger partial charge in [-0.1, -0.05) is 13.0 Å². The third kappa shape index (κ3) is 2.39. The van der Waals surface area contributed by atoms with Crippen molar-refractivity contribution in [3.8, 4) is 0 Å². The predicted molar refractivity (Wildman–Crippen MR) is 56.9 cm³/mol. The van der Waals surface area contributed by atoms with Crippen molar-refractivity contribution in [1.29, 1.82) is 0 Å². The van der Waals surface area contributed by atoms with Crippen LogP contribution in [0, 0.1) is 17.6 Å². The van der Waals surface area contributed by atoms with E-state index in [9.17, 15) is 13.9 Å². The van der Waals surface area contributed by atoms with E-state index < -0.39 is 17.7 Å². The molecule has 3 unspecified atom stereocenters. The van der Waals surface area contributed by atoms with Crippen LogP contribution in [0.3, 0.4) is 0 Å². The van der Waals surface area contributed by atoms with Crippen molar-refractivity contribution in [2.45, 2.75) is 25.5 Å². The van der Waals surface area contributed by atoms with Crippen molar-refractivity contribution in [3.63, 3.8) is 0 Å². The molecule has 0 saturated heterocycles. The van der Waals surface area contributed by atoms with Crippen LogP contribution in [0.2, 0.25) is 0 Å². The Morgan fingerprint density at radius 2 is 2.00 bits per heavy atom. The van der Waals surface area contributed by atoms with Gasteiger partial charge in [0.1, 0.15) is 11.6 Å². The second-order valence-electron chi connectivity index (χ2n) is 4.38. The number of nitrogens with one attached hydrogen (secondary N) is 1. The first-order valence-electron chi connectivity index (χ1n) is 5.45. The Labute approximate surface area is 93.3 Å². The molecule has 0 aromatic heterocycles. The van der Waals surface area contributed by atoms with Crippen LogP contribution in [-0.4, -0.2) is 17.7 Å². The Kier molecular flexibility index (Phi) is 3.21. The maximum absolute atomic E-state index is 13.3. The Balaban J connectivity index is 1.99. The van der Waals surface area contributed by atoms with Crippen molar-refractivity contribution in [1.82, 2.24) is 5.32 Å². The quantitative estimate of drug-likeness (QED) is 0.824. The van der Waals surface area contributed by atoms with Gasteiger partial charge in [-0.2, -0.15) is 0 Å². The van der Waals surface area contributed by atoms with E-state index in [0.717, 1.165) is 18.6 Å². The highest BCUT2D eigenvalue weighted by Gasteiger charge is 2.32. The number of aliphatic hydroxyl groups is 1. The SMILES string of the molecule is CC1CC1NCC(O)c1c(F)cccc1F. The molecule has 1 aromatic carbocycles. The van der Waals surface area contributed by atoms with Crippen LogP contribution in [0.15, 0.2) is 18.2 Å². The maximum Gasteiger partial charge on any atom is 0.131 e.